The molecule has 25 heavy (non-hydrogen) atoms. The number of aromatic nitrogens is 3. The third kappa shape index (κ3) is 3.28. The first-order valence-electron chi connectivity index (χ1n) is 8.29. The van der Waals surface area contributed by atoms with Crippen LogP contribution < -0.4 is 10.6 Å². The number of benzene rings is 1. The molecule has 6 nitrogen and oxygen atoms in total. The highest BCUT2D eigenvalue weighted by Gasteiger charge is 2.27. The number of rotatable bonds is 4. The van der Waals surface area contributed by atoms with Crippen LogP contribution in [0, 0.1) is 6.92 Å². The molecule has 4 rings (SSSR count). The topological polar surface area (TPSA) is 71.8 Å². The summed E-state index contributed by atoms with van der Waals surface area (Å²) in [7, 11) is 0. The fourth-order valence-corrected chi connectivity index (χ4v) is 3.78. The monoisotopic (exact) mass is 353 g/mol. The maximum atomic E-state index is 12.6. The van der Waals surface area contributed by atoms with Crippen molar-refractivity contribution in [1.82, 2.24) is 14.5 Å². The molecule has 0 bridgehead atoms. The van der Waals surface area contributed by atoms with E-state index < -0.39 is 0 Å². The lowest BCUT2D eigenvalue weighted by Gasteiger charge is -2.26. The Morgan fingerprint density at radius 3 is 2.92 bits per heavy atom. The maximum Gasteiger partial charge on any atom is 0.276 e. The Morgan fingerprint density at radius 2 is 2.16 bits per heavy atom. The smallest absolute Gasteiger partial charge is 0.276 e. The van der Waals surface area contributed by atoms with Crippen LogP contribution >= 0.6 is 11.3 Å². The normalized spacial score (nSPS) is 16.3. The van der Waals surface area contributed by atoms with Crippen molar-refractivity contribution < 1.29 is 4.79 Å². The van der Waals surface area contributed by atoms with E-state index in [1.807, 2.05) is 35.1 Å². The third-order valence-electron chi connectivity index (χ3n) is 4.36. The average Bonchev–Trinajstić information content (AvgIpc) is 3.22. The minimum atomic E-state index is -0.138. The zero-order valence-corrected chi connectivity index (χ0v) is 14.7. The fraction of sp³-hybridized carbons (Fsp3) is 0.278. The third-order valence-corrected chi connectivity index (χ3v) is 5.05. The molecule has 1 aliphatic heterocycles. The van der Waals surface area contributed by atoms with Gasteiger partial charge in [0.15, 0.2) is 5.13 Å². The zero-order valence-electron chi connectivity index (χ0n) is 13.9. The van der Waals surface area contributed by atoms with Gasteiger partial charge in [-0.2, -0.15) is 0 Å². The molecule has 7 heteroatoms. The van der Waals surface area contributed by atoms with E-state index in [2.05, 4.69) is 32.7 Å². The van der Waals surface area contributed by atoms with Gasteiger partial charge in [0.25, 0.3) is 5.91 Å². The van der Waals surface area contributed by atoms with E-state index >= 15 is 0 Å². The molecular weight excluding hydrogens is 334 g/mol. The van der Waals surface area contributed by atoms with Crippen LogP contribution in [0.3, 0.4) is 0 Å². The van der Waals surface area contributed by atoms with Gasteiger partial charge in [0.2, 0.25) is 0 Å². The van der Waals surface area contributed by atoms with Gasteiger partial charge in [0.1, 0.15) is 11.5 Å². The molecule has 0 saturated carbocycles. The first kappa shape index (κ1) is 15.8. The van der Waals surface area contributed by atoms with Gasteiger partial charge < -0.3 is 9.88 Å². The molecule has 128 valence electrons. The van der Waals surface area contributed by atoms with Crippen LogP contribution in [0.25, 0.3) is 0 Å². The second kappa shape index (κ2) is 6.68. The number of nitrogens with one attached hydrogen (secondary N) is 2. The highest BCUT2D eigenvalue weighted by molar-refractivity contribution is 7.13. The lowest BCUT2D eigenvalue weighted by atomic mass is 10.1. The predicted octanol–water partition coefficient (Wildman–Crippen LogP) is 3.33. The van der Waals surface area contributed by atoms with Crippen molar-refractivity contribution in [3.05, 3.63) is 59.1 Å². The van der Waals surface area contributed by atoms with Gasteiger partial charge in [0, 0.05) is 36.3 Å². The number of hydrogen-bond acceptors (Lipinski definition) is 5. The van der Waals surface area contributed by atoms with Crippen LogP contribution in [0.5, 0.6) is 0 Å². The van der Waals surface area contributed by atoms with Gasteiger partial charge in [-0.15, -0.1) is 11.3 Å². The first-order valence-corrected chi connectivity index (χ1v) is 9.17. The minimum absolute atomic E-state index is 0.138. The van der Waals surface area contributed by atoms with E-state index in [1.165, 1.54) is 11.3 Å². The Kier molecular flexibility index (Phi) is 4.23. The summed E-state index contributed by atoms with van der Waals surface area (Å²) in [6, 6.07) is 10.5. The van der Waals surface area contributed by atoms with Crippen molar-refractivity contribution in [2.45, 2.75) is 32.4 Å². The highest BCUT2D eigenvalue weighted by atomic mass is 32.1. The maximum absolute atomic E-state index is 12.6. The van der Waals surface area contributed by atoms with Gasteiger partial charge in [-0.25, -0.2) is 9.97 Å². The van der Waals surface area contributed by atoms with E-state index in [9.17, 15) is 4.79 Å². The molecule has 0 saturated heterocycles. The number of carbonyl (C=O) groups is 1. The van der Waals surface area contributed by atoms with Crippen LogP contribution in [0.1, 0.15) is 28.4 Å². The largest absolute Gasteiger partial charge is 0.382 e. The SMILES string of the molecule is Cc1nc2n(c1C(=O)Nc1nccs1)CCC(Nc1ccccc1)C2. The summed E-state index contributed by atoms with van der Waals surface area (Å²) >= 11 is 1.41. The van der Waals surface area contributed by atoms with Gasteiger partial charge >= 0.3 is 0 Å². The Labute approximate surface area is 149 Å². The lowest BCUT2D eigenvalue weighted by molar-refractivity contribution is 0.101. The van der Waals surface area contributed by atoms with Crippen molar-refractivity contribution in [2.75, 3.05) is 10.6 Å². The summed E-state index contributed by atoms with van der Waals surface area (Å²) in [6.45, 7) is 2.67. The van der Waals surface area contributed by atoms with Gasteiger partial charge in [-0.05, 0) is 25.5 Å². The molecule has 1 unspecified atom stereocenters. The van der Waals surface area contributed by atoms with E-state index in [0.717, 1.165) is 36.6 Å². The number of nitrogens with zero attached hydrogens (tertiary/aromatic N) is 3. The lowest BCUT2D eigenvalue weighted by Crippen LogP contribution is -2.32. The van der Waals surface area contributed by atoms with Gasteiger partial charge in [-0.1, -0.05) is 18.2 Å². The number of para-hydroxylation sites is 1. The van der Waals surface area contributed by atoms with Crippen LogP contribution in [-0.2, 0) is 13.0 Å². The van der Waals surface area contributed by atoms with E-state index in [4.69, 9.17) is 0 Å². The number of anilines is 2. The number of thiazole rings is 1. The molecule has 1 aromatic carbocycles. The summed E-state index contributed by atoms with van der Waals surface area (Å²) < 4.78 is 2.04. The van der Waals surface area contributed by atoms with Crippen molar-refractivity contribution in [2.24, 2.45) is 0 Å². The van der Waals surface area contributed by atoms with Crippen molar-refractivity contribution >= 4 is 28.1 Å². The quantitative estimate of drug-likeness (QED) is 0.755. The number of carbonyl (C=O) groups excluding carboxylic acids is 1. The van der Waals surface area contributed by atoms with Crippen LogP contribution in [0.4, 0.5) is 10.8 Å². The second-order valence-electron chi connectivity index (χ2n) is 6.11. The average molecular weight is 353 g/mol. The summed E-state index contributed by atoms with van der Waals surface area (Å²) in [5.74, 6) is 0.821. The highest BCUT2D eigenvalue weighted by Crippen LogP contribution is 2.23. The fourth-order valence-electron chi connectivity index (χ4n) is 3.26. The minimum Gasteiger partial charge on any atom is -0.382 e. The van der Waals surface area contributed by atoms with Gasteiger partial charge in [0.05, 0.1) is 5.69 Å². The Balaban J connectivity index is 1.51. The van der Waals surface area contributed by atoms with E-state index in [0.29, 0.717) is 16.9 Å². The Bertz CT molecular complexity index is 873. The molecule has 0 spiro atoms. The second-order valence-corrected chi connectivity index (χ2v) is 7.00. The summed E-state index contributed by atoms with van der Waals surface area (Å²) in [5, 5.41) is 8.86. The zero-order chi connectivity index (χ0) is 17.2. The molecule has 0 fully saturated rings. The molecule has 0 aliphatic carbocycles. The summed E-state index contributed by atoms with van der Waals surface area (Å²) in [6.07, 6.45) is 3.44. The molecule has 1 amide bonds. The van der Waals surface area contributed by atoms with Crippen molar-refractivity contribution in [3.8, 4) is 0 Å². The number of hydrogen-bond donors (Lipinski definition) is 2. The predicted molar refractivity (Wildman–Crippen MR) is 99.2 cm³/mol. The first-order chi connectivity index (χ1) is 12.2. The molecule has 0 radical (unpaired) electrons. The van der Waals surface area contributed by atoms with E-state index in [1.54, 1.807) is 6.20 Å². The van der Waals surface area contributed by atoms with Crippen molar-refractivity contribution in [1.29, 1.82) is 0 Å². The number of amides is 1. The standard InChI is InChI=1S/C18H19N5OS/c1-12-16(17(24)22-18-19-8-10-25-18)23-9-7-14(11-15(23)20-12)21-13-5-3-2-4-6-13/h2-6,8,10,14,21H,7,9,11H2,1H3,(H,19,22,24). The number of aryl methyl sites for hydroxylation is 1. The molecule has 1 atom stereocenters. The molecule has 3 heterocycles. The molecule has 2 N–H and O–H groups in total. The Hall–Kier alpha value is -2.67. The molecular formula is C18H19N5OS. The van der Waals surface area contributed by atoms with Crippen molar-refractivity contribution in [3.63, 3.8) is 0 Å². The summed E-state index contributed by atoms with van der Waals surface area (Å²) in [5.41, 5.74) is 2.53. The number of fused-ring (bicyclic) bond motifs is 1. The van der Waals surface area contributed by atoms with Gasteiger partial charge in [-0.3, -0.25) is 10.1 Å². The molecule has 2 aromatic heterocycles. The van der Waals surface area contributed by atoms with Crippen LogP contribution in [0.2, 0.25) is 0 Å². The number of imidazole rings is 1. The van der Waals surface area contributed by atoms with Crippen LogP contribution in [-0.4, -0.2) is 26.5 Å². The summed E-state index contributed by atoms with van der Waals surface area (Å²) in [4.78, 5) is 21.4. The Morgan fingerprint density at radius 1 is 1.32 bits per heavy atom. The molecule has 1 aliphatic rings. The molecule has 3 aromatic rings. The van der Waals surface area contributed by atoms with Crippen LogP contribution in [0.15, 0.2) is 41.9 Å². The van der Waals surface area contributed by atoms with E-state index in [-0.39, 0.29) is 5.91 Å².